The van der Waals surface area contributed by atoms with Crippen molar-refractivity contribution in [3.05, 3.63) is 74.9 Å². The number of nitrogens with one attached hydrogen (secondary N) is 1. The van der Waals surface area contributed by atoms with Gasteiger partial charge in [0.05, 0.1) is 11.3 Å². The Hall–Kier alpha value is -2.90. The minimum atomic E-state index is -0.131. The number of thioether (sulfide) groups is 1. The number of thiophene rings is 1. The van der Waals surface area contributed by atoms with Gasteiger partial charge in [-0.3, -0.25) is 14.2 Å². The molecule has 2 aromatic heterocycles. The summed E-state index contributed by atoms with van der Waals surface area (Å²) in [6.45, 7) is 6.04. The highest BCUT2D eigenvalue weighted by Gasteiger charge is 2.16. The fourth-order valence-electron chi connectivity index (χ4n) is 3.47. The average molecular weight is 450 g/mol. The molecular formula is C24H23N3O2S2. The predicted molar refractivity (Wildman–Crippen MR) is 130 cm³/mol. The molecule has 0 atom stereocenters. The van der Waals surface area contributed by atoms with Crippen molar-refractivity contribution in [3.8, 4) is 11.1 Å². The first-order valence-corrected chi connectivity index (χ1v) is 11.7. The molecule has 1 N–H and O–H groups in total. The van der Waals surface area contributed by atoms with E-state index in [0.29, 0.717) is 15.4 Å². The topological polar surface area (TPSA) is 64.0 Å². The minimum absolute atomic E-state index is 0.0921. The summed E-state index contributed by atoms with van der Waals surface area (Å²) in [5.41, 5.74) is 6.72. The number of hydrogen-bond acceptors (Lipinski definition) is 5. The summed E-state index contributed by atoms with van der Waals surface area (Å²) in [6, 6.07) is 14.1. The molecule has 0 radical (unpaired) electrons. The number of anilines is 1. The second-order valence-corrected chi connectivity index (χ2v) is 9.49. The number of carbonyl (C=O) groups is 1. The van der Waals surface area contributed by atoms with Gasteiger partial charge in [0.15, 0.2) is 5.16 Å². The number of aryl methyl sites for hydroxylation is 3. The van der Waals surface area contributed by atoms with Crippen LogP contribution in [-0.2, 0) is 11.8 Å². The normalized spacial score (nSPS) is 11.1. The minimum Gasteiger partial charge on any atom is -0.325 e. The van der Waals surface area contributed by atoms with Crippen molar-refractivity contribution in [2.24, 2.45) is 7.05 Å². The van der Waals surface area contributed by atoms with Crippen molar-refractivity contribution in [2.45, 2.75) is 25.9 Å². The van der Waals surface area contributed by atoms with E-state index in [1.54, 1.807) is 7.05 Å². The van der Waals surface area contributed by atoms with Crippen LogP contribution in [0.15, 0.2) is 57.8 Å². The van der Waals surface area contributed by atoms with Crippen molar-refractivity contribution in [3.63, 3.8) is 0 Å². The van der Waals surface area contributed by atoms with Gasteiger partial charge in [0, 0.05) is 23.7 Å². The Morgan fingerprint density at radius 3 is 2.42 bits per heavy atom. The van der Waals surface area contributed by atoms with E-state index < -0.39 is 0 Å². The van der Waals surface area contributed by atoms with E-state index in [1.807, 2.05) is 62.5 Å². The van der Waals surface area contributed by atoms with E-state index in [2.05, 4.69) is 11.4 Å². The monoisotopic (exact) mass is 449 g/mol. The maximum Gasteiger partial charge on any atom is 0.271 e. The van der Waals surface area contributed by atoms with Crippen LogP contribution >= 0.6 is 23.1 Å². The number of aromatic nitrogens is 2. The zero-order valence-corrected chi connectivity index (χ0v) is 19.5. The number of amides is 1. The van der Waals surface area contributed by atoms with Crippen molar-refractivity contribution in [1.29, 1.82) is 0 Å². The predicted octanol–water partition coefficient (Wildman–Crippen LogP) is 5.32. The van der Waals surface area contributed by atoms with E-state index in [9.17, 15) is 9.59 Å². The second kappa shape index (κ2) is 8.69. The molecule has 0 aliphatic carbocycles. The molecule has 4 rings (SSSR count). The average Bonchev–Trinajstić information content (AvgIpc) is 3.13. The molecule has 0 aliphatic rings. The van der Waals surface area contributed by atoms with E-state index in [-0.39, 0.29) is 17.2 Å². The van der Waals surface area contributed by atoms with Crippen LogP contribution in [0.2, 0.25) is 0 Å². The highest BCUT2D eigenvalue weighted by Crippen LogP contribution is 2.32. The summed E-state index contributed by atoms with van der Waals surface area (Å²) in [4.78, 5) is 30.1. The molecule has 2 aromatic carbocycles. The van der Waals surface area contributed by atoms with Gasteiger partial charge in [-0.05, 0) is 49.6 Å². The summed E-state index contributed by atoms with van der Waals surface area (Å²) in [7, 11) is 1.70. The molecule has 0 bridgehead atoms. The Morgan fingerprint density at radius 2 is 1.74 bits per heavy atom. The molecular weight excluding hydrogens is 426 g/mol. The molecule has 0 fully saturated rings. The molecule has 158 valence electrons. The maximum absolute atomic E-state index is 12.9. The van der Waals surface area contributed by atoms with Crippen molar-refractivity contribution >= 4 is 44.9 Å². The molecule has 0 aliphatic heterocycles. The third-order valence-electron chi connectivity index (χ3n) is 4.96. The zero-order chi connectivity index (χ0) is 22.1. The largest absolute Gasteiger partial charge is 0.325 e. The number of carbonyl (C=O) groups excluding carboxylic acids is 1. The van der Waals surface area contributed by atoms with Crippen LogP contribution in [0.1, 0.15) is 16.7 Å². The molecule has 0 saturated heterocycles. The van der Waals surface area contributed by atoms with Crippen LogP contribution in [0.3, 0.4) is 0 Å². The molecule has 0 spiro atoms. The smallest absolute Gasteiger partial charge is 0.271 e. The van der Waals surface area contributed by atoms with E-state index >= 15 is 0 Å². The van der Waals surface area contributed by atoms with Gasteiger partial charge in [0.1, 0.15) is 4.70 Å². The van der Waals surface area contributed by atoms with Gasteiger partial charge >= 0.3 is 0 Å². The Morgan fingerprint density at radius 1 is 1.06 bits per heavy atom. The first-order valence-electron chi connectivity index (χ1n) is 9.88. The van der Waals surface area contributed by atoms with Gasteiger partial charge in [0.25, 0.3) is 5.56 Å². The summed E-state index contributed by atoms with van der Waals surface area (Å²) in [5, 5.41) is 5.43. The summed E-state index contributed by atoms with van der Waals surface area (Å²) in [5.74, 6) is 0.0383. The second-order valence-electron chi connectivity index (χ2n) is 7.66. The lowest BCUT2D eigenvalue weighted by Crippen LogP contribution is -2.20. The molecule has 1 amide bonds. The number of benzene rings is 2. The van der Waals surface area contributed by atoms with Gasteiger partial charge in [-0.15, -0.1) is 11.3 Å². The third-order valence-corrected chi connectivity index (χ3v) is 6.95. The standard InChI is InChI=1S/C24H23N3O2S2/c1-14-5-7-17(8-6-14)19-12-30-22-21(19)26-24(27(4)23(22)29)31-13-20(28)25-18-10-15(2)9-16(3)11-18/h5-12H,13H2,1-4H3,(H,25,28). The molecule has 5 nitrogen and oxygen atoms in total. The van der Waals surface area contributed by atoms with E-state index in [4.69, 9.17) is 4.98 Å². The van der Waals surface area contributed by atoms with Gasteiger partial charge in [0.2, 0.25) is 5.91 Å². The van der Waals surface area contributed by atoms with Crippen LogP contribution < -0.4 is 10.9 Å². The first kappa shape index (κ1) is 21.3. The van der Waals surface area contributed by atoms with Crippen LogP contribution in [0.5, 0.6) is 0 Å². The fraction of sp³-hybridized carbons (Fsp3) is 0.208. The highest BCUT2D eigenvalue weighted by atomic mass is 32.2. The Labute approximate surface area is 189 Å². The number of hydrogen-bond donors (Lipinski definition) is 1. The lowest BCUT2D eigenvalue weighted by Gasteiger charge is -2.09. The first-order chi connectivity index (χ1) is 14.8. The van der Waals surface area contributed by atoms with E-state index in [1.165, 1.54) is 33.2 Å². The molecule has 31 heavy (non-hydrogen) atoms. The van der Waals surface area contributed by atoms with Crippen LogP contribution in [0, 0.1) is 20.8 Å². The van der Waals surface area contributed by atoms with Gasteiger partial charge < -0.3 is 5.32 Å². The molecule has 0 unspecified atom stereocenters. The van der Waals surface area contributed by atoms with Crippen molar-refractivity contribution in [2.75, 3.05) is 11.1 Å². The fourth-order valence-corrected chi connectivity index (χ4v) is 5.22. The third kappa shape index (κ3) is 4.57. The van der Waals surface area contributed by atoms with Crippen LogP contribution in [0.25, 0.3) is 21.3 Å². The molecule has 2 heterocycles. The number of rotatable bonds is 5. The number of nitrogens with zero attached hydrogens (tertiary/aromatic N) is 2. The number of fused-ring (bicyclic) bond motifs is 1. The Bertz CT molecular complexity index is 1320. The summed E-state index contributed by atoms with van der Waals surface area (Å²) >= 11 is 2.67. The quantitative estimate of drug-likeness (QED) is 0.331. The molecule has 4 aromatic rings. The Kier molecular flexibility index (Phi) is 5.98. The lowest BCUT2D eigenvalue weighted by molar-refractivity contribution is -0.113. The van der Waals surface area contributed by atoms with Crippen molar-refractivity contribution in [1.82, 2.24) is 9.55 Å². The van der Waals surface area contributed by atoms with Gasteiger partial charge in [-0.25, -0.2) is 4.98 Å². The molecule has 0 saturated carbocycles. The van der Waals surface area contributed by atoms with Crippen LogP contribution in [0.4, 0.5) is 5.69 Å². The molecule has 7 heteroatoms. The van der Waals surface area contributed by atoms with Gasteiger partial charge in [-0.2, -0.15) is 0 Å². The Balaban J connectivity index is 1.59. The summed E-state index contributed by atoms with van der Waals surface area (Å²) < 4.78 is 2.15. The maximum atomic E-state index is 12.9. The van der Waals surface area contributed by atoms with Gasteiger partial charge in [-0.1, -0.05) is 47.7 Å². The van der Waals surface area contributed by atoms with E-state index in [0.717, 1.165) is 27.9 Å². The lowest BCUT2D eigenvalue weighted by atomic mass is 10.1. The zero-order valence-electron chi connectivity index (χ0n) is 17.9. The summed E-state index contributed by atoms with van der Waals surface area (Å²) in [6.07, 6.45) is 0. The van der Waals surface area contributed by atoms with Crippen molar-refractivity contribution < 1.29 is 4.79 Å². The SMILES string of the molecule is Cc1ccc(-c2csc3c(=O)n(C)c(SCC(=O)Nc4cc(C)cc(C)c4)nc23)cc1. The highest BCUT2D eigenvalue weighted by molar-refractivity contribution is 7.99. The van der Waals surface area contributed by atoms with Crippen LogP contribution in [-0.4, -0.2) is 21.2 Å².